The van der Waals surface area contributed by atoms with Crippen LogP contribution < -0.4 is 15.4 Å². The van der Waals surface area contributed by atoms with Crippen molar-refractivity contribution >= 4 is 26.6 Å². The van der Waals surface area contributed by atoms with Gasteiger partial charge < -0.3 is 15.4 Å². The van der Waals surface area contributed by atoms with Crippen molar-refractivity contribution in [3.63, 3.8) is 0 Å². The molecule has 7 heteroatoms. The zero-order valence-corrected chi connectivity index (χ0v) is 16.2. The molecule has 0 bridgehead atoms. The average Bonchev–Trinajstić information content (AvgIpc) is 2.62. The minimum Gasteiger partial charge on any atom is -0.494 e. The maximum atomic E-state index is 11.1. The Kier molecular flexibility index (Phi) is 7.72. The van der Waals surface area contributed by atoms with Crippen molar-refractivity contribution in [3.8, 4) is 5.75 Å². The van der Waals surface area contributed by atoms with Gasteiger partial charge in [0.25, 0.3) is 0 Å². The zero-order valence-electron chi connectivity index (χ0n) is 15.4. The molecule has 0 aliphatic carbocycles. The molecule has 2 N–H and O–H groups in total. The Balaban J connectivity index is 1.63. The Hall–Kier alpha value is -2.28. The van der Waals surface area contributed by atoms with Crippen LogP contribution in [0.25, 0.3) is 10.8 Å². The summed E-state index contributed by atoms with van der Waals surface area (Å²) in [6.45, 7) is 1.90. The second-order valence-electron chi connectivity index (χ2n) is 6.12. The van der Waals surface area contributed by atoms with Crippen LogP contribution in [-0.4, -0.2) is 53.1 Å². The van der Waals surface area contributed by atoms with Gasteiger partial charge in [-0.2, -0.15) is 0 Å². The number of nitrogens with one attached hydrogen (secondary N) is 2. The van der Waals surface area contributed by atoms with Crippen LogP contribution in [0.2, 0.25) is 0 Å². The van der Waals surface area contributed by atoms with Crippen molar-refractivity contribution in [2.75, 3.05) is 38.8 Å². The maximum absolute atomic E-state index is 11.1. The molecule has 0 saturated heterocycles. The molecule has 2 aromatic carbocycles. The van der Waals surface area contributed by atoms with Crippen molar-refractivity contribution in [2.45, 2.75) is 12.8 Å². The lowest BCUT2D eigenvalue weighted by atomic mass is 10.1. The van der Waals surface area contributed by atoms with Gasteiger partial charge in [-0.25, -0.2) is 8.42 Å². The second-order valence-corrected chi connectivity index (χ2v) is 8.38. The Morgan fingerprint density at radius 1 is 1.04 bits per heavy atom. The number of aliphatic imine (C=N–C) groups is 1. The Morgan fingerprint density at radius 2 is 1.73 bits per heavy atom. The number of fused-ring (bicyclic) bond motifs is 1. The van der Waals surface area contributed by atoms with Crippen LogP contribution in [-0.2, 0) is 9.84 Å². The summed E-state index contributed by atoms with van der Waals surface area (Å²) in [5.74, 6) is 1.72. The van der Waals surface area contributed by atoms with Gasteiger partial charge in [0.1, 0.15) is 15.6 Å². The first kappa shape index (κ1) is 20.0. The third kappa shape index (κ3) is 7.31. The third-order valence-corrected chi connectivity index (χ3v) is 4.84. The third-order valence-electron chi connectivity index (χ3n) is 3.81. The van der Waals surface area contributed by atoms with Crippen LogP contribution >= 0.6 is 0 Å². The van der Waals surface area contributed by atoms with Crippen LogP contribution in [0.1, 0.15) is 12.8 Å². The molecule has 0 aliphatic heterocycles. The highest BCUT2D eigenvalue weighted by Gasteiger charge is 2.02. The molecule has 0 amide bonds. The Morgan fingerprint density at radius 3 is 2.42 bits per heavy atom. The summed E-state index contributed by atoms with van der Waals surface area (Å²) in [5, 5.41) is 8.67. The summed E-state index contributed by atoms with van der Waals surface area (Å²) in [7, 11) is -1.22. The molecular formula is C19H27N3O3S. The smallest absolute Gasteiger partial charge is 0.190 e. The van der Waals surface area contributed by atoms with Gasteiger partial charge >= 0.3 is 0 Å². The number of ether oxygens (including phenoxy) is 1. The average molecular weight is 378 g/mol. The van der Waals surface area contributed by atoms with Crippen LogP contribution in [0, 0.1) is 0 Å². The van der Waals surface area contributed by atoms with E-state index in [1.807, 2.05) is 24.3 Å². The predicted octanol–water partition coefficient (Wildman–Crippen LogP) is 2.21. The van der Waals surface area contributed by atoms with Crippen molar-refractivity contribution in [1.82, 2.24) is 10.6 Å². The minimum absolute atomic E-state index is 0.177. The van der Waals surface area contributed by atoms with Gasteiger partial charge in [0.2, 0.25) is 0 Å². The van der Waals surface area contributed by atoms with E-state index in [-0.39, 0.29) is 5.75 Å². The molecule has 0 fully saturated rings. The molecule has 0 spiro atoms. The summed E-state index contributed by atoms with van der Waals surface area (Å²) in [4.78, 5) is 4.12. The van der Waals surface area contributed by atoms with Crippen molar-refractivity contribution in [2.24, 2.45) is 4.99 Å². The summed E-state index contributed by atoms with van der Waals surface area (Å²) < 4.78 is 28.0. The molecule has 0 aliphatic rings. The number of benzene rings is 2. The number of nitrogens with zero attached hydrogens (tertiary/aromatic N) is 1. The van der Waals surface area contributed by atoms with Gasteiger partial charge in [0.05, 0.1) is 12.4 Å². The normalized spacial score (nSPS) is 12.2. The van der Waals surface area contributed by atoms with Gasteiger partial charge in [0, 0.05) is 26.4 Å². The first-order valence-electron chi connectivity index (χ1n) is 8.72. The van der Waals surface area contributed by atoms with E-state index in [1.54, 1.807) is 7.05 Å². The number of rotatable bonds is 9. The number of hydrogen-bond acceptors (Lipinski definition) is 4. The highest BCUT2D eigenvalue weighted by molar-refractivity contribution is 7.90. The van der Waals surface area contributed by atoms with E-state index < -0.39 is 9.84 Å². The largest absolute Gasteiger partial charge is 0.494 e. The lowest BCUT2D eigenvalue weighted by Crippen LogP contribution is -2.38. The van der Waals surface area contributed by atoms with Gasteiger partial charge in [-0.15, -0.1) is 0 Å². The molecular weight excluding hydrogens is 350 g/mol. The quantitative estimate of drug-likeness (QED) is 0.398. The summed E-state index contributed by atoms with van der Waals surface area (Å²) in [6, 6.07) is 14.3. The van der Waals surface area contributed by atoms with E-state index in [1.165, 1.54) is 17.0 Å². The summed E-state index contributed by atoms with van der Waals surface area (Å²) >= 11 is 0. The van der Waals surface area contributed by atoms with Gasteiger partial charge in [-0.05, 0) is 35.7 Å². The first-order valence-corrected chi connectivity index (χ1v) is 10.8. The Bertz CT molecular complexity index is 835. The molecule has 0 heterocycles. The monoisotopic (exact) mass is 377 g/mol. The molecule has 6 nitrogen and oxygen atoms in total. The molecule has 142 valence electrons. The summed E-state index contributed by atoms with van der Waals surface area (Å²) in [6.07, 6.45) is 2.64. The zero-order chi connectivity index (χ0) is 18.8. The highest BCUT2D eigenvalue weighted by Crippen LogP contribution is 2.20. The lowest BCUT2D eigenvalue weighted by molar-refractivity contribution is 0.311. The molecule has 26 heavy (non-hydrogen) atoms. The van der Waals surface area contributed by atoms with Gasteiger partial charge in [-0.3, -0.25) is 4.99 Å². The minimum atomic E-state index is -2.91. The van der Waals surface area contributed by atoms with Crippen molar-refractivity contribution < 1.29 is 13.2 Å². The standard InChI is InChI=1S/C19H27N3O3S/c1-20-19(22-12-6-14-26(2,23)24)21-11-5-13-25-18-10-9-16-7-3-4-8-17(16)15-18/h3-4,7-10,15H,5-6,11-14H2,1-2H3,(H2,20,21,22). The number of guanidine groups is 1. The van der Waals surface area contributed by atoms with Crippen LogP contribution in [0.5, 0.6) is 5.75 Å². The maximum Gasteiger partial charge on any atom is 0.190 e. The van der Waals surface area contributed by atoms with Crippen LogP contribution in [0.4, 0.5) is 0 Å². The molecule has 0 aromatic heterocycles. The lowest BCUT2D eigenvalue weighted by Gasteiger charge is -2.12. The van der Waals surface area contributed by atoms with E-state index >= 15 is 0 Å². The van der Waals surface area contributed by atoms with E-state index in [0.717, 1.165) is 18.7 Å². The van der Waals surface area contributed by atoms with Crippen LogP contribution in [0.3, 0.4) is 0 Å². The molecule has 0 atom stereocenters. The molecule has 0 radical (unpaired) electrons. The summed E-state index contributed by atoms with van der Waals surface area (Å²) in [5.41, 5.74) is 0. The first-order chi connectivity index (χ1) is 12.5. The van der Waals surface area contributed by atoms with Gasteiger partial charge in [0.15, 0.2) is 5.96 Å². The SMILES string of the molecule is CN=C(NCCCOc1ccc2ccccc2c1)NCCCS(C)(=O)=O. The topological polar surface area (TPSA) is 79.8 Å². The Labute approximate surface area is 155 Å². The van der Waals surface area contributed by atoms with E-state index in [0.29, 0.717) is 25.5 Å². The van der Waals surface area contributed by atoms with E-state index in [2.05, 4.69) is 33.8 Å². The fourth-order valence-corrected chi connectivity index (χ4v) is 3.16. The van der Waals surface area contributed by atoms with Gasteiger partial charge in [-0.1, -0.05) is 30.3 Å². The number of hydrogen-bond donors (Lipinski definition) is 2. The fourth-order valence-electron chi connectivity index (χ4n) is 2.49. The van der Waals surface area contributed by atoms with E-state index in [9.17, 15) is 8.42 Å². The van der Waals surface area contributed by atoms with E-state index in [4.69, 9.17) is 4.74 Å². The fraction of sp³-hybridized carbons (Fsp3) is 0.421. The van der Waals surface area contributed by atoms with Crippen LogP contribution in [0.15, 0.2) is 47.5 Å². The van der Waals surface area contributed by atoms with Crippen molar-refractivity contribution in [1.29, 1.82) is 0 Å². The second kappa shape index (κ2) is 10.0. The highest BCUT2D eigenvalue weighted by atomic mass is 32.2. The van der Waals surface area contributed by atoms with Crippen molar-refractivity contribution in [3.05, 3.63) is 42.5 Å². The molecule has 2 rings (SSSR count). The number of sulfone groups is 1. The predicted molar refractivity (Wildman–Crippen MR) is 108 cm³/mol. The molecule has 2 aromatic rings. The molecule has 0 saturated carbocycles. The molecule has 0 unspecified atom stereocenters.